The van der Waals surface area contributed by atoms with Crippen LogP contribution < -0.4 is 5.19 Å². The SMILES string of the molecule is CC(C)[SiH](c1cccc(CCOC2CCCCO2)c1)C(C)C. The van der Waals surface area contributed by atoms with Gasteiger partial charge in [0.1, 0.15) is 0 Å². The molecule has 1 aliphatic rings. The molecule has 0 aromatic heterocycles. The fourth-order valence-electron chi connectivity index (χ4n) is 3.65. The predicted molar refractivity (Wildman–Crippen MR) is 96.7 cm³/mol. The van der Waals surface area contributed by atoms with Crippen LogP contribution in [0.2, 0.25) is 11.1 Å². The summed E-state index contributed by atoms with van der Waals surface area (Å²) in [5.41, 5.74) is 3.02. The van der Waals surface area contributed by atoms with Crippen LogP contribution in [0.1, 0.15) is 52.5 Å². The van der Waals surface area contributed by atoms with Crippen LogP contribution in [0.4, 0.5) is 0 Å². The van der Waals surface area contributed by atoms with Gasteiger partial charge in [-0.2, -0.15) is 0 Å². The van der Waals surface area contributed by atoms with E-state index in [1.807, 2.05) is 0 Å². The number of rotatable bonds is 7. The molecule has 1 saturated heterocycles. The van der Waals surface area contributed by atoms with Crippen LogP contribution in [0.25, 0.3) is 0 Å². The summed E-state index contributed by atoms with van der Waals surface area (Å²) in [7, 11) is -0.894. The molecule has 22 heavy (non-hydrogen) atoms. The van der Waals surface area contributed by atoms with Gasteiger partial charge in [0.2, 0.25) is 0 Å². The molecule has 0 radical (unpaired) electrons. The molecule has 1 aromatic rings. The van der Waals surface area contributed by atoms with Crippen LogP contribution >= 0.6 is 0 Å². The lowest BCUT2D eigenvalue weighted by Crippen LogP contribution is -2.36. The minimum atomic E-state index is -0.894. The molecule has 1 heterocycles. The summed E-state index contributed by atoms with van der Waals surface area (Å²) in [6.45, 7) is 11.2. The van der Waals surface area contributed by atoms with E-state index in [1.54, 1.807) is 5.19 Å². The zero-order valence-corrected chi connectivity index (χ0v) is 15.8. The maximum absolute atomic E-state index is 5.87. The maximum Gasteiger partial charge on any atom is 0.157 e. The molecule has 0 aliphatic carbocycles. The molecule has 2 rings (SSSR count). The molecule has 1 unspecified atom stereocenters. The van der Waals surface area contributed by atoms with E-state index in [-0.39, 0.29) is 6.29 Å². The fourth-order valence-corrected chi connectivity index (χ4v) is 7.47. The molecule has 0 spiro atoms. The molecule has 3 heteroatoms. The van der Waals surface area contributed by atoms with E-state index in [0.717, 1.165) is 37.1 Å². The monoisotopic (exact) mass is 320 g/mol. The quantitative estimate of drug-likeness (QED) is 0.706. The van der Waals surface area contributed by atoms with Gasteiger partial charge in [-0.1, -0.05) is 57.1 Å². The minimum Gasteiger partial charge on any atom is -0.353 e. The second-order valence-corrected chi connectivity index (χ2v) is 11.6. The molecule has 0 N–H and O–H groups in total. The molecule has 0 saturated carbocycles. The molecule has 0 amide bonds. The summed E-state index contributed by atoms with van der Waals surface area (Å²) in [6.07, 6.45) is 4.49. The lowest BCUT2D eigenvalue weighted by molar-refractivity contribution is -0.161. The van der Waals surface area contributed by atoms with Crippen molar-refractivity contribution in [3.8, 4) is 0 Å². The van der Waals surface area contributed by atoms with Gasteiger partial charge in [-0.05, 0) is 42.3 Å². The molecular weight excluding hydrogens is 288 g/mol. The standard InChI is InChI=1S/C19H32O2Si/c1-15(2)22(16(3)4)18-9-7-8-17(14-18)11-13-21-19-10-5-6-12-20-19/h7-9,14-16,19,22H,5-6,10-13H2,1-4H3. The van der Waals surface area contributed by atoms with E-state index in [1.165, 1.54) is 18.4 Å². The summed E-state index contributed by atoms with van der Waals surface area (Å²) in [5.74, 6) is 0. The first-order valence-electron chi connectivity index (χ1n) is 8.90. The molecule has 124 valence electrons. The number of hydrogen-bond acceptors (Lipinski definition) is 2. The highest BCUT2D eigenvalue weighted by Gasteiger charge is 2.21. The van der Waals surface area contributed by atoms with Crippen molar-refractivity contribution in [1.29, 1.82) is 0 Å². The molecule has 1 aliphatic heterocycles. The largest absolute Gasteiger partial charge is 0.353 e. The zero-order valence-electron chi connectivity index (χ0n) is 14.7. The molecule has 1 aromatic carbocycles. The smallest absolute Gasteiger partial charge is 0.157 e. The summed E-state index contributed by atoms with van der Waals surface area (Å²) in [5, 5.41) is 1.61. The van der Waals surface area contributed by atoms with Crippen LogP contribution in [-0.4, -0.2) is 28.3 Å². The van der Waals surface area contributed by atoms with Crippen molar-refractivity contribution in [2.75, 3.05) is 13.2 Å². The van der Waals surface area contributed by atoms with Gasteiger partial charge < -0.3 is 9.47 Å². The van der Waals surface area contributed by atoms with Crippen LogP contribution in [0.3, 0.4) is 0 Å². The average Bonchev–Trinajstić information content (AvgIpc) is 2.48. The van der Waals surface area contributed by atoms with Crippen LogP contribution in [0, 0.1) is 0 Å². The normalized spacial score (nSPS) is 19.3. The Balaban J connectivity index is 1.90. The Morgan fingerprint density at radius 1 is 1.18 bits per heavy atom. The Morgan fingerprint density at radius 3 is 2.59 bits per heavy atom. The first-order chi connectivity index (χ1) is 10.6. The van der Waals surface area contributed by atoms with Gasteiger partial charge in [0.25, 0.3) is 0 Å². The summed E-state index contributed by atoms with van der Waals surface area (Å²) in [4.78, 5) is 0. The van der Waals surface area contributed by atoms with Gasteiger partial charge in [-0.25, -0.2) is 0 Å². The Labute approximate surface area is 137 Å². The van der Waals surface area contributed by atoms with E-state index >= 15 is 0 Å². The van der Waals surface area contributed by atoms with Crippen molar-refractivity contribution in [3.05, 3.63) is 29.8 Å². The van der Waals surface area contributed by atoms with Gasteiger partial charge in [-0.3, -0.25) is 0 Å². The Morgan fingerprint density at radius 2 is 1.95 bits per heavy atom. The molecule has 0 bridgehead atoms. The summed E-state index contributed by atoms with van der Waals surface area (Å²) in [6, 6.07) is 9.24. The van der Waals surface area contributed by atoms with Crippen molar-refractivity contribution in [3.63, 3.8) is 0 Å². The van der Waals surface area contributed by atoms with Crippen molar-refractivity contribution < 1.29 is 9.47 Å². The van der Waals surface area contributed by atoms with E-state index in [0.29, 0.717) is 0 Å². The summed E-state index contributed by atoms with van der Waals surface area (Å²) >= 11 is 0. The lowest BCUT2D eigenvalue weighted by atomic mass is 10.1. The molecule has 1 atom stereocenters. The highest BCUT2D eigenvalue weighted by molar-refractivity contribution is 6.75. The molecular formula is C19H32O2Si. The van der Waals surface area contributed by atoms with E-state index in [4.69, 9.17) is 9.47 Å². The maximum atomic E-state index is 5.87. The molecule has 1 fully saturated rings. The van der Waals surface area contributed by atoms with E-state index in [9.17, 15) is 0 Å². The highest BCUT2D eigenvalue weighted by Crippen LogP contribution is 2.20. The first kappa shape index (κ1) is 17.7. The van der Waals surface area contributed by atoms with Crippen LogP contribution in [0.5, 0.6) is 0 Å². The van der Waals surface area contributed by atoms with Gasteiger partial charge in [-0.15, -0.1) is 0 Å². The third-order valence-electron chi connectivity index (χ3n) is 4.60. The molecule has 2 nitrogen and oxygen atoms in total. The highest BCUT2D eigenvalue weighted by atomic mass is 28.3. The fraction of sp³-hybridized carbons (Fsp3) is 0.684. The van der Waals surface area contributed by atoms with Crippen molar-refractivity contribution in [2.45, 2.75) is 70.8 Å². The average molecular weight is 321 g/mol. The first-order valence-corrected chi connectivity index (χ1v) is 10.8. The van der Waals surface area contributed by atoms with Gasteiger partial charge in [0, 0.05) is 6.61 Å². The van der Waals surface area contributed by atoms with E-state index in [2.05, 4.69) is 52.0 Å². The second-order valence-electron chi connectivity index (χ2n) is 7.18. The third kappa shape index (κ3) is 5.22. The van der Waals surface area contributed by atoms with Crippen molar-refractivity contribution in [1.82, 2.24) is 0 Å². The van der Waals surface area contributed by atoms with Crippen molar-refractivity contribution >= 4 is 14.0 Å². The Kier molecular flexibility index (Phi) is 7.12. The number of hydrogen-bond donors (Lipinski definition) is 0. The van der Waals surface area contributed by atoms with Crippen LogP contribution in [-0.2, 0) is 15.9 Å². The lowest BCUT2D eigenvalue weighted by Gasteiger charge is -2.24. The van der Waals surface area contributed by atoms with E-state index < -0.39 is 8.80 Å². The van der Waals surface area contributed by atoms with Gasteiger partial charge >= 0.3 is 0 Å². The Bertz CT molecular complexity index is 431. The number of benzene rings is 1. The van der Waals surface area contributed by atoms with Crippen LogP contribution in [0.15, 0.2) is 24.3 Å². The van der Waals surface area contributed by atoms with Gasteiger partial charge in [0.15, 0.2) is 6.29 Å². The number of ether oxygens (including phenoxy) is 2. The predicted octanol–water partition coefficient (Wildman–Crippen LogP) is 4.03. The summed E-state index contributed by atoms with van der Waals surface area (Å²) < 4.78 is 11.5. The third-order valence-corrected chi connectivity index (χ3v) is 8.61. The Hall–Kier alpha value is -0.643. The van der Waals surface area contributed by atoms with Gasteiger partial charge in [0.05, 0.1) is 15.4 Å². The zero-order chi connectivity index (χ0) is 15.9. The second kappa shape index (κ2) is 8.85. The van der Waals surface area contributed by atoms with Crippen molar-refractivity contribution in [2.24, 2.45) is 0 Å². The topological polar surface area (TPSA) is 18.5 Å². The minimum absolute atomic E-state index is 0.0328.